The number of sulfone groups is 1. The van der Waals surface area contributed by atoms with Gasteiger partial charge in [-0.25, -0.2) is 18.4 Å². The summed E-state index contributed by atoms with van der Waals surface area (Å²) in [6.45, 7) is 0.300. The van der Waals surface area contributed by atoms with Gasteiger partial charge in [0.1, 0.15) is 29.6 Å². The number of nitrogens with one attached hydrogen (secondary N) is 1. The van der Waals surface area contributed by atoms with E-state index >= 15 is 0 Å². The van der Waals surface area contributed by atoms with Crippen LogP contribution in [0.25, 0.3) is 10.9 Å². The Morgan fingerprint density at radius 1 is 1.12 bits per heavy atom. The Morgan fingerprint density at radius 3 is 2.65 bits per heavy atom. The van der Waals surface area contributed by atoms with Crippen molar-refractivity contribution < 1.29 is 27.4 Å². The molecule has 4 atom stereocenters. The van der Waals surface area contributed by atoms with Crippen LogP contribution in [0.4, 0.5) is 11.5 Å². The van der Waals surface area contributed by atoms with E-state index in [9.17, 15) is 8.42 Å². The lowest BCUT2D eigenvalue weighted by molar-refractivity contribution is 0.0299. The van der Waals surface area contributed by atoms with Gasteiger partial charge >= 0.3 is 0 Å². The smallest absolute Gasteiger partial charge is 0.164 e. The van der Waals surface area contributed by atoms with Gasteiger partial charge in [0.05, 0.1) is 30.9 Å². The fraction of sp³-hybridized carbons (Fsp3) is 0.364. The molecule has 1 aromatic heterocycles. The van der Waals surface area contributed by atoms with Crippen molar-refractivity contribution in [3.05, 3.63) is 46.2 Å². The van der Waals surface area contributed by atoms with Crippen LogP contribution >= 0.6 is 27.5 Å². The Bertz CT molecular complexity index is 1360. The number of methoxy groups -OCH3 is 1. The first-order chi connectivity index (χ1) is 16.2. The maximum Gasteiger partial charge on any atom is 0.164 e. The number of hydrogen-bond donors (Lipinski definition) is 1. The van der Waals surface area contributed by atoms with Crippen molar-refractivity contribution >= 4 is 59.8 Å². The van der Waals surface area contributed by atoms with Crippen LogP contribution in [0, 0.1) is 0 Å². The van der Waals surface area contributed by atoms with Gasteiger partial charge in [-0.05, 0) is 40.2 Å². The highest BCUT2D eigenvalue weighted by molar-refractivity contribution is 9.10. The van der Waals surface area contributed by atoms with Crippen LogP contribution < -0.4 is 14.8 Å². The van der Waals surface area contributed by atoms with Gasteiger partial charge in [0.25, 0.3) is 0 Å². The molecule has 0 bridgehead atoms. The lowest BCUT2D eigenvalue weighted by Crippen LogP contribution is -2.37. The normalized spacial score (nSPS) is 24.2. The van der Waals surface area contributed by atoms with E-state index in [0.717, 1.165) is 15.5 Å². The first-order valence-electron chi connectivity index (χ1n) is 10.4. The number of aromatic nitrogens is 2. The molecule has 5 rings (SSSR count). The molecule has 0 radical (unpaired) electrons. The zero-order valence-corrected chi connectivity index (χ0v) is 21.4. The minimum absolute atomic E-state index is 0.0885. The Hall–Kier alpha value is -2.18. The summed E-state index contributed by atoms with van der Waals surface area (Å²) in [6.07, 6.45) is 1.13. The van der Waals surface area contributed by atoms with Gasteiger partial charge in [-0.2, -0.15) is 0 Å². The van der Waals surface area contributed by atoms with E-state index in [4.69, 9.17) is 30.5 Å². The van der Waals surface area contributed by atoms with E-state index in [1.54, 1.807) is 25.3 Å². The van der Waals surface area contributed by atoms with Crippen molar-refractivity contribution in [3.63, 3.8) is 0 Å². The van der Waals surface area contributed by atoms with Crippen LogP contribution in [0.5, 0.6) is 11.5 Å². The summed E-state index contributed by atoms with van der Waals surface area (Å²) in [5.74, 6) is 1.50. The number of nitrogens with zero attached hydrogens (tertiary/aromatic N) is 2. The molecule has 2 aliphatic heterocycles. The second kappa shape index (κ2) is 9.12. The highest BCUT2D eigenvalue weighted by Gasteiger charge is 2.52. The maximum absolute atomic E-state index is 12.0. The zero-order valence-electron chi connectivity index (χ0n) is 18.2. The van der Waals surface area contributed by atoms with Gasteiger partial charge in [-0.3, -0.25) is 0 Å². The van der Waals surface area contributed by atoms with Crippen molar-refractivity contribution in [2.24, 2.45) is 0 Å². The predicted octanol–water partition coefficient (Wildman–Crippen LogP) is 3.76. The van der Waals surface area contributed by atoms with Crippen LogP contribution in [0.15, 0.2) is 41.1 Å². The molecule has 9 nitrogen and oxygen atoms in total. The number of halogens is 2. The van der Waals surface area contributed by atoms with Crippen molar-refractivity contribution in [1.29, 1.82) is 0 Å². The molecule has 1 unspecified atom stereocenters. The SMILES string of the molecule is COc1cc2c(Nc3ccc(Br)c(Cl)c3)ncnc2cc1OC1CO[C@H]2[C@H](S(C)(=O)=O)CO[C@@H]12. The van der Waals surface area contributed by atoms with E-state index in [0.29, 0.717) is 27.9 Å². The standard InChI is InChI=1S/C22H21BrClN3O6S/c1-30-16-6-12-15(25-10-26-22(12)27-11-3-4-13(23)14(24)5-11)7-17(16)33-18-8-31-21-19(34(2,28)29)9-32-20(18)21/h3-7,10,18-21H,8-9H2,1-2H3,(H,25,26,27)/t18?,19-,20+,21+/m1/s1. The molecule has 180 valence electrons. The van der Waals surface area contributed by atoms with E-state index in [-0.39, 0.29) is 13.2 Å². The highest BCUT2D eigenvalue weighted by atomic mass is 79.9. The largest absolute Gasteiger partial charge is 0.493 e. The maximum atomic E-state index is 12.0. The Labute approximate surface area is 209 Å². The van der Waals surface area contributed by atoms with E-state index in [2.05, 4.69) is 31.2 Å². The monoisotopic (exact) mass is 569 g/mol. The molecule has 0 spiro atoms. The van der Waals surface area contributed by atoms with Crippen molar-refractivity contribution in [2.45, 2.75) is 23.6 Å². The topological polar surface area (TPSA) is 109 Å². The lowest BCUT2D eigenvalue weighted by Gasteiger charge is -2.20. The summed E-state index contributed by atoms with van der Waals surface area (Å²) in [7, 11) is -1.75. The second-order valence-corrected chi connectivity index (χ2v) is 11.6. The minimum Gasteiger partial charge on any atom is -0.493 e. The van der Waals surface area contributed by atoms with Crippen LogP contribution in [-0.4, -0.2) is 68.5 Å². The molecular weight excluding hydrogens is 550 g/mol. The molecule has 34 heavy (non-hydrogen) atoms. The van der Waals surface area contributed by atoms with Gasteiger partial charge in [0, 0.05) is 27.9 Å². The highest BCUT2D eigenvalue weighted by Crippen LogP contribution is 2.39. The summed E-state index contributed by atoms with van der Waals surface area (Å²) < 4.78 is 48.1. The lowest BCUT2D eigenvalue weighted by atomic mass is 10.1. The number of ether oxygens (including phenoxy) is 4. The van der Waals surface area contributed by atoms with Gasteiger partial charge in [0.2, 0.25) is 0 Å². The molecule has 0 aliphatic carbocycles. The summed E-state index contributed by atoms with van der Waals surface area (Å²) in [6, 6.07) is 9.05. The fourth-order valence-electron chi connectivity index (χ4n) is 4.19. The quantitative estimate of drug-likeness (QED) is 0.474. The Balaban J connectivity index is 1.43. The average molecular weight is 571 g/mol. The molecule has 2 aliphatic rings. The van der Waals surface area contributed by atoms with E-state index < -0.39 is 33.4 Å². The number of rotatable bonds is 6. The Morgan fingerprint density at radius 2 is 1.91 bits per heavy atom. The van der Waals surface area contributed by atoms with Gasteiger partial charge in [-0.1, -0.05) is 11.6 Å². The third-order valence-electron chi connectivity index (χ3n) is 5.89. The first kappa shape index (κ1) is 23.6. The van der Waals surface area contributed by atoms with Crippen LogP contribution in [0.1, 0.15) is 0 Å². The molecule has 2 aromatic carbocycles. The molecule has 2 saturated heterocycles. The summed E-state index contributed by atoms with van der Waals surface area (Å²) in [5, 5.41) is 3.86. The second-order valence-electron chi connectivity index (χ2n) is 8.12. The van der Waals surface area contributed by atoms with Crippen molar-refractivity contribution in [3.8, 4) is 11.5 Å². The minimum atomic E-state index is -3.30. The van der Waals surface area contributed by atoms with Gasteiger partial charge in [-0.15, -0.1) is 0 Å². The fourth-order valence-corrected chi connectivity index (χ4v) is 5.66. The van der Waals surface area contributed by atoms with Crippen LogP contribution in [0.2, 0.25) is 5.02 Å². The Kier molecular flexibility index (Phi) is 6.32. The van der Waals surface area contributed by atoms with E-state index in [1.807, 2.05) is 12.1 Å². The molecule has 3 aromatic rings. The third-order valence-corrected chi connectivity index (χ3v) is 8.63. The van der Waals surface area contributed by atoms with Crippen LogP contribution in [-0.2, 0) is 19.3 Å². The van der Waals surface area contributed by atoms with Gasteiger partial charge < -0.3 is 24.3 Å². The average Bonchev–Trinajstić information content (AvgIpc) is 3.39. The zero-order chi connectivity index (χ0) is 24.0. The number of benzene rings is 2. The molecule has 12 heteroatoms. The number of anilines is 2. The molecule has 1 N–H and O–H groups in total. The summed E-state index contributed by atoms with van der Waals surface area (Å²) in [5.41, 5.74) is 1.40. The molecule has 2 fully saturated rings. The summed E-state index contributed by atoms with van der Waals surface area (Å²) in [4.78, 5) is 8.74. The number of fused-ring (bicyclic) bond motifs is 2. The first-order valence-corrected chi connectivity index (χ1v) is 13.5. The van der Waals surface area contributed by atoms with Crippen LogP contribution in [0.3, 0.4) is 0 Å². The third kappa shape index (κ3) is 4.42. The predicted molar refractivity (Wildman–Crippen MR) is 131 cm³/mol. The summed E-state index contributed by atoms with van der Waals surface area (Å²) >= 11 is 9.59. The molecule has 3 heterocycles. The van der Waals surface area contributed by atoms with E-state index in [1.165, 1.54) is 12.6 Å². The van der Waals surface area contributed by atoms with Crippen molar-refractivity contribution in [2.75, 3.05) is 31.9 Å². The molecule has 0 saturated carbocycles. The van der Waals surface area contributed by atoms with Crippen molar-refractivity contribution in [1.82, 2.24) is 9.97 Å². The molecular formula is C22H21BrClN3O6S. The van der Waals surface area contributed by atoms with Gasteiger partial charge in [0.15, 0.2) is 27.4 Å². The number of hydrogen-bond acceptors (Lipinski definition) is 9. The molecule has 0 amide bonds.